The van der Waals surface area contributed by atoms with Gasteiger partial charge < -0.3 is 9.72 Å². The molecule has 0 fully saturated rings. The van der Waals surface area contributed by atoms with Gasteiger partial charge in [-0.1, -0.05) is 19.1 Å². The molecule has 1 amide bonds. The lowest BCUT2D eigenvalue weighted by Gasteiger charge is -2.32. The van der Waals surface area contributed by atoms with Crippen LogP contribution in [0.2, 0.25) is 0 Å². The molecule has 0 spiro atoms. The lowest BCUT2D eigenvalue weighted by atomic mass is 9.71. The Hall–Kier alpha value is -3.92. The molecule has 1 aromatic carbocycles. The molecule has 1 aliphatic rings. The van der Waals surface area contributed by atoms with Crippen LogP contribution in [0.1, 0.15) is 47.6 Å². The van der Waals surface area contributed by atoms with Crippen LogP contribution in [-0.4, -0.2) is 45.2 Å². The Labute approximate surface area is 208 Å². The first-order valence-corrected chi connectivity index (χ1v) is 13.3. The maximum Gasteiger partial charge on any atom is 0.229 e. The van der Waals surface area contributed by atoms with Gasteiger partial charge in [-0.15, -0.1) is 0 Å². The number of nitrogens with zero attached hydrogens (tertiary/aromatic N) is 4. The molecule has 5 rings (SSSR count). The number of fused-ring (bicyclic) bond motifs is 2. The van der Waals surface area contributed by atoms with Crippen molar-refractivity contribution in [2.45, 2.75) is 43.4 Å². The number of aryl methyl sites for hydroxylation is 1. The summed E-state index contributed by atoms with van der Waals surface area (Å²) in [6.07, 6.45) is 8.13. The van der Waals surface area contributed by atoms with Gasteiger partial charge in [0, 0.05) is 30.4 Å². The minimum Gasteiger partial charge on any atom is -0.310 e. The van der Waals surface area contributed by atoms with E-state index in [9.17, 15) is 18.0 Å². The first kappa shape index (κ1) is 23.8. The quantitative estimate of drug-likeness (QED) is 0.429. The molecule has 4 aromatic rings. The second kappa shape index (κ2) is 8.94. The van der Waals surface area contributed by atoms with Crippen LogP contribution in [0.25, 0.3) is 5.65 Å². The minimum atomic E-state index is -3.29. The van der Waals surface area contributed by atoms with Crippen molar-refractivity contribution in [3.8, 4) is 0 Å². The third-order valence-corrected chi connectivity index (χ3v) is 8.46. The van der Waals surface area contributed by atoms with Crippen molar-refractivity contribution in [3.05, 3.63) is 83.7 Å². The Morgan fingerprint density at radius 3 is 2.53 bits per heavy atom. The zero-order valence-corrected chi connectivity index (χ0v) is 20.7. The first-order chi connectivity index (χ1) is 17.2. The molecule has 36 heavy (non-hydrogen) atoms. The van der Waals surface area contributed by atoms with Gasteiger partial charge in [-0.05, 0) is 49.6 Å². The number of imidazole rings is 1. The topological polar surface area (TPSA) is 123 Å². The van der Waals surface area contributed by atoms with Gasteiger partial charge in [0.15, 0.2) is 21.3 Å². The number of anilines is 1. The summed E-state index contributed by atoms with van der Waals surface area (Å²) < 4.78 is 25.8. The fourth-order valence-corrected chi connectivity index (χ4v) is 5.45. The molecular weight excluding hydrogens is 478 g/mol. The Morgan fingerprint density at radius 1 is 1.08 bits per heavy atom. The molecule has 3 aromatic heterocycles. The van der Waals surface area contributed by atoms with E-state index in [1.807, 2.05) is 17.5 Å². The van der Waals surface area contributed by atoms with Crippen molar-refractivity contribution < 1.29 is 18.0 Å². The number of aromatic nitrogens is 4. The summed E-state index contributed by atoms with van der Waals surface area (Å²) in [4.78, 5) is 39.8. The summed E-state index contributed by atoms with van der Waals surface area (Å²) in [7, 11) is -3.29. The van der Waals surface area contributed by atoms with Gasteiger partial charge in [-0.3, -0.25) is 14.6 Å². The van der Waals surface area contributed by atoms with Crippen molar-refractivity contribution in [1.82, 2.24) is 19.4 Å². The Kier molecular flexibility index (Phi) is 5.91. The molecule has 10 heteroatoms. The highest BCUT2D eigenvalue weighted by Gasteiger charge is 2.43. The third-order valence-electron chi connectivity index (χ3n) is 6.71. The van der Waals surface area contributed by atoms with E-state index in [0.29, 0.717) is 46.8 Å². The second-order valence-corrected chi connectivity index (χ2v) is 11.3. The lowest BCUT2D eigenvalue weighted by molar-refractivity contribution is -0.115. The van der Waals surface area contributed by atoms with Crippen molar-refractivity contribution in [3.63, 3.8) is 0 Å². The van der Waals surface area contributed by atoms with Gasteiger partial charge in [0.05, 0.1) is 33.9 Å². The fraction of sp³-hybridized carbons (Fsp3) is 0.269. The number of sulfone groups is 1. The van der Waals surface area contributed by atoms with Gasteiger partial charge in [0.1, 0.15) is 5.82 Å². The van der Waals surface area contributed by atoms with E-state index < -0.39 is 15.3 Å². The van der Waals surface area contributed by atoms with Crippen LogP contribution in [0, 0.1) is 0 Å². The van der Waals surface area contributed by atoms with Crippen molar-refractivity contribution >= 4 is 33.0 Å². The number of carbonyl (C=O) groups is 2. The summed E-state index contributed by atoms with van der Waals surface area (Å²) in [6, 6.07) is 9.63. The third kappa shape index (κ3) is 4.17. The maximum atomic E-state index is 13.6. The number of carbonyl (C=O) groups excluding carboxylic acids is 2. The van der Waals surface area contributed by atoms with E-state index in [2.05, 4.69) is 20.3 Å². The largest absolute Gasteiger partial charge is 0.310 e. The SMILES string of the molecule is CCS(=O)(=O)c1ccc(CC(=O)Nc2ccc3c(n2)CCC(C)(c2nccn4ccnc24)C3=O)cc1. The summed E-state index contributed by atoms with van der Waals surface area (Å²) >= 11 is 0. The number of Topliss-reactive ketones (excluding diaryl/α,β-unsaturated/α-hetero) is 1. The number of amides is 1. The van der Waals surface area contributed by atoms with Crippen molar-refractivity contribution in [1.29, 1.82) is 0 Å². The van der Waals surface area contributed by atoms with Crippen LogP contribution in [0.5, 0.6) is 0 Å². The summed E-state index contributed by atoms with van der Waals surface area (Å²) in [5.74, 6) is 0.0398. The van der Waals surface area contributed by atoms with Crippen LogP contribution >= 0.6 is 0 Å². The highest BCUT2D eigenvalue weighted by atomic mass is 32.2. The van der Waals surface area contributed by atoms with Crippen molar-refractivity contribution in [2.75, 3.05) is 11.1 Å². The molecule has 1 aliphatic carbocycles. The molecule has 9 nitrogen and oxygen atoms in total. The van der Waals surface area contributed by atoms with Gasteiger partial charge in [-0.25, -0.2) is 18.4 Å². The van der Waals surface area contributed by atoms with Crippen molar-refractivity contribution in [2.24, 2.45) is 0 Å². The van der Waals surface area contributed by atoms with E-state index in [0.717, 1.165) is 0 Å². The van der Waals surface area contributed by atoms with Crippen LogP contribution < -0.4 is 5.32 Å². The number of ketones is 1. The Balaban J connectivity index is 1.32. The minimum absolute atomic E-state index is 0.0219. The fourth-order valence-electron chi connectivity index (χ4n) is 4.57. The molecule has 0 saturated heterocycles. The van der Waals surface area contributed by atoms with E-state index in [1.54, 1.807) is 49.8 Å². The zero-order valence-electron chi connectivity index (χ0n) is 19.9. The predicted octanol–water partition coefficient (Wildman–Crippen LogP) is 3.19. The number of pyridine rings is 1. The molecule has 1 N–H and O–H groups in total. The van der Waals surface area contributed by atoms with Crippen LogP contribution in [0.4, 0.5) is 5.82 Å². The smallest absolute Gasteiger partial charge is 0.229 e. The Morgan fingerprint density at radius 2 is 1.81 bits per heavy atom. The normalized spacial score (nSPS) is 17.7. The monoisotopic (exact) mass is 503 g/mol. The van der Waals surface area contributed by atoms with E-state index in [4.69, 9.17) is 0 Å². The van der Waals surface area contributed by atoms with E-state index in [-0.39, 0.29) is 28.8 Å². The molecule has 0 saturated carbocycles. The van der Waals surface area contributed by atoms with Crippen LogP contribution in [0.3, 0.4) is 0 Å². The van der Waals surface area contributed by atoms with Gasteiger partial charge in [-0.2, -0.15) is 0 Å². The molecular formula is C26H25N5O4S. The summed E-state index contributed by atoms with van der Waals surface area (Å²) in [5.41, 5.74) is 2.32. The molecule has 1 unspecified atom stereocenters. The Bertz CT molecular complexity index is 1590. The van der Waals surface area contributed by atoms with E-state index >= 15 is 0 Å². The predicted molar refractivity (Wildman–Crippen MR) is 134 cm³/mol. The van der Waals surface area contributed by atoms with Gasteiger partial charge in [0.25, 0.3) is 0 Å². The highest BCUT2D eigenvalue weighted by Crippen LogP contribution is 2.38. The second-order valence-electron chi connectivity index (χ2n) is 9.06. The molecule has 0 radical (unpaired) electrons. The molecule has 1 atom stereocenters. The average molecular weight is 504 g/mol. The van der Waals surface area contributed by atoms with Gasteiger partial charge >= 0.3 is 0 Å². The molecule has 184 valence electrons. The number of hydrogen-bond donors (Lipinski definition) is 1. The molecule has 0 bridgehead atoms. The molecule has 3 heterocycles. The van der Waals surface area contributed by atoms with Crippen LogP contribution in [0.15, 0.2) is 66.1 Å². The standard InChI is InChI=1S/C26H25N5O4S/c1-3-36(34,35)18-6-4-17(5-7-18)16-22(32)30-21-9-8-19-20(29-21)10-11-26(2,24(19)33)23-25-28-13-15-31(25)14-12-27-23/h4-9,12-15H,3,10-11,16H2,1-2H3,(H,29,30,32). The number of benzene rings is 1. The zero-order chi connectivity index (χ0) is 25.5. The maximum absolute atomic E-state index is 13.6. The van der Waals surface area contributed by atoms with E-state index in [1.165, 1.54) is 12.1 Å². The average Bonchev–Trinajstić information content (AvgIpc) is 3.36. The summed E-state index contributed by atoms with van der Waals surface area (Å²) in [5, 5.41) is 2.78. The number of hydrogen-bond acceptors (Lipinski definition) is 7. The lowest BCUT2D eigenvalue weighted by Crippen LogP contribution is -2.39. The molecule has 0 aliphatic heterocycles. The highest BCUT2D eigenvalue weighted by molar-refractivity contribution is 7.91. The number of rotatable bonds is 6. The number of nitrogens with one attached hydrogen (secondary N) is 1. The van der Waals surface area contributed by atoms with Crippen LogP contribution in [-0.2, 0) is 32.9 Å². The summed E-state index contributed by atoms with van der Waals surface area (Å²) in [6.45, 7) is 3.48. The van der Waals surface area contributed by atoms with Gasteiger partial charge in [0.2, 0.25) is 5.91 Å². The first-order valence-electron chi connectivity index (χ1n) is 11.7.